The van der Waals surface area contributed by atoms with E-state index in [2.05, 4.69) is 55.0 Å². The first kappa shape index (κ1) is 15.7. The van der Waals surface area contributed by atoms with E-state index in [-0.39, 0.29) is 11.3 Å². The molecule has 0 aromatic carbocycles. The highest BCUT2D eigenvalue weighted by atomic mass is 79.9. The molecule has 0 aliphatic carbocycles. The standard InChI is InChI=1S/C14H22BrNOS/c1-10(14(2,3)4)9-13(17)16-8-7-11-5-6-12(15)18-11/h5-6,10H,7-9H2,1-4H3,(H,16,17). The summed E-state index contributed by atoms with van der Waals surface area (Å²) in [4.78, 5) is 13.1. The van der Waals surface area contributed by atoms with Gasteiger partial charge in [-0.05, 0) is 45.8 Å². The SMILES string of the molecule is CC(CC(=O)NCCc1ccc(Br)s1)C(C)(C)C. The summed E-state index contributed by atoms with van der Waals surface area (Å²) in [5, 5.41) is 3.00. The highest BCUT2D eigenvalue weighted by Gasteiger charge is 2.22. The molecule has 0 aliphatic heterocycles. The first-order valence-corrected chi connectivity index (χ1v) is 7.91. The number of hydrogen-bond acceptors (Lipinski definition) is 2. The number of carbonyl (C=O) groups excluding carboxylic acids is 1. The van der Waals surface area contributed by atoms with Gasteiger partial charge in [-0.15, -0.1) is 11.3 Å². The Balaban J connectivity index is 2.25. The number of halogens is 1. The number of amides is 1. The maximum absolute atomic E-state index is 11.8. The molecule has 0 aliphatic rings. The van der Waals surface area contributed by atoms with Gasteiger partial charge < -0.3 is 5.32 Å². The average molecular weight is 332 g/mol. The molecule has 18 heavy (non-hydrogen) atoms. The molecule has 0 spiro atoms. The Labute approximate surface area is 122 Å². The van der Waals surface area contributed by atoms with E-state index in [0.29, 0.717) is 12.3 Å². The van der Waals surface area contributed by atoms with Gasteiger partial charge in [-0.2, -0.15) is 0 Å². The van der Waals surface area contributed by atoms with E-state index < -0.39 is 0 Å². The Morgan fingerprint density at radius 3 is 2.61 bits per heavy atom. The van der Waals surface area contributed by atoms with Crippen molar-refractivity contribution in [2.75, 3.05) is 6.54 Å². The van der Waals surface area contributed by atoms with Crippen LogP contribution in [-0.2, 0) is 11.2 Å². The smallest absolute Gasteiger partial charge is 0.220 e. The van der Waals surface area contributed by atoms with Crippen LogP contribution in [0.3, 0.4) is 0 Å². The van der Waals surface area contributed by atoms with Crippen molar-refractivity contribution in [2.45, 2.75) is 40.5 Å². The van der Waals surface area contributed by atoms with Crippen molar-refractivity contribution in [1.29, 1.82) is 0 Å². The highest BCUT2D eigenvalue weighted by Crippen LogP contribution is 2.27. The van der Waals surface area contributed by atoms with Crippen molar-refractivity contribution >= 4 is 33.2 Å². The highest BCUT2D eigenvalue weighted by molar-refractivity contribution is 9.11. The van der Waals surface area contributed by atoms with E-state index >= 15 is 0 Å². The molecule has 102 valence electrons. The number of carbonyl (C=O) groups is 1. The summed E-state index contributed by atoms with van der Waals surface area (Å²) < 4.78 is 1.14. The molecule has 1 aromatic heterocycles. The van der Waals surface area contributed by atoms with E-state index in [0.717, 1.165) is 16.8 Å². The molecule has 1 atom stereocenters. The minimum Gasteiger partial charge on any atom is -0.356 e. The van der Waals surface area contributed by atoms with Crippen molar-refractivity contribution in [2.24, 2.45) is 11.3 Å². The third kappa shape index (κ3) is 5.53. The Bertz CT molecular complexity index is 395. The van der Waals surface area contributed by atoms with Crippen LogP contribution >= 0.6 is 27.3 Å². The molecule has 1 heterocycles. The fourth-order valence-corrected chi connectivity index (χ4v) is 2.95. The quantitative estimate of drug-likeness (QED) is 0.858. The zero-order valence-electron chi connectivity index (χ0n) is 11.5. The molecular weight excluding hydrogens is 310 g/mol. The number of nitrogens with one attached hydrogen (secondary N) is 1. The lowest BCUT2D eigenvalue weighted by Gasteiger charge is -2.26. The van der Waals surface area contributed by atoms with Crippen LogP contribution in [0.2, 0.25) is 0 Å². The second kappa shape index (κ2) is 6.71. The van der Waals surface area contributed by atoms with Crippen LogP contribution < -0.4 is 5.32 Å². The van der Waals surface area contributed by atoms with Crippen molar-refractivity contribution in [3.05, 3.63) is 20.8 Å². The summed E-state index contributed by atoms with van der Waals surface area (Å²) in [6, 6.07) is 4.14. The monoisotopic (exact) mass is 331 g/mol. The largest absolute Gasteiger partial charge is 0.356 e. The molecule has 1 rings (SSSR count). The zero-order valence-corrected chi connectivity index (χ0v) is 14.0. The normalized spacial score (nSPS) is 13.4. The van der Waals surface area contributed by atoms with Crippen LogP contribution in [0.15, 0.2) is 15.9 Å². The molecule has 1 unspecified atom stereocenters. The van der Waals surface area contributed by atoms with Gasteiger partial charge in [0.15, 0.2) is 0 Å². The maximum atomic E-state index is 11.8. The van der Waals surface area contributed by atoms with E-state index in [1.165, 1.54) is 4.88 Å². The minimum atomic E-state index is 0.160. The topological polar surface area (TPSA) is 29.1 Å². The van der Waals surface area contributed by atoms with Crippen LogP contribution in [0.4, 0.5) is 0 Å². The lowest BCUT2D eigenvalue weighted by Crippen LogP contribution is -2.30. The molecule has 4 heteroatoms. The van der Waals surface area contributed by atoms with Gasteiger partial charge in [0.25, 0.3) is 0 Å². The van der Waals surface area contributed by atoms with Gasteiger partial charge in [0.1, 0.15) is 0 Å². The summed E-state index contributed by atoms with van der Waals surface area (Å²) in [6.07, 6.45) is 1.52. The summed E-state index contributed by atoms with van der Waals surface area (Å²) in [5.41, 5.74) is 0.190. The van der Waals surface area contributed by atoms with Crippen LogP contribution in [0.25, 0.3) is 0 Å². The Morgan fingerprint density at radius 1 is 1.44 bits per heavy atom. The molecule has 2 nitrogen and oxygen atoms in total. The summed E-state index contributed by atoms with van der Waals surface area (Å²) in [6.45, 7) is 9.38. The minimum absolute atomic E-state index is 0.160. The summed E-state index contributed by atoms with van der Waals surface area (Å²) >= 11 is 5.16. The van der Waals surface area contributed by atoms with E-state index in [9.17, 15) is 4.79 Å². The van der Waals surface area contributed by atoms with Gasteiger partial charge in [-0.3, -0.25) is 4.79 Å². The lowest BCUT2D eigenvalue weighted by molar-refractivity contribution is -0.122. The maximum Gasteiger partial charge on any atom is 0.220 e. The van der Waals surface area contributed by atoms with Crippen LogP contribution in [0, 0.1) is 11.3 Å². The second-order valence-electron chi connectivity index (χ2n) is 5.78. The predicted octanol–water partition coefficient (Wildman–Crippen LogP) is 4.24. The molecule has 0 saturated carbocycles. The van der Waals surface area contributed by atoms with Gasteiger partial charge in [-0.25, -0.2) is 0 Å². The lowest BCUT2D eigenvalue weighted by atomic mass is 9.80. The second-order valence-corrected chi connectivity index (χ2v) is 8.32. The number of rotatable bonds is 5. The predicted molar refractivity (Wildman–Crippen MR) is 82.0 cm³/mol. The first-order chi connectivity index (χ1) is 8.29. The van der Waals surface area contributed by atoms with Gasteiger partial charge in [0.05, 0.1) is 3.79 Å². The fraction of sp³-hybridized carbons (Fsp3) is 0.643. The fourth-order valence-electron chi connectivity index (χ4n) is 1.47. The zero-order chi connectivity index (χ0) is 13.8. The van der Waals surface area contributed by atoms with Crippen LogP contribution in [0.1, 0.15) is 39.0 Å². The molecule has 1 aromatic rings. The molecule has 1 N–H and O–H groups in total. The van der Waals surface area contributed by atoms with Crippen molar-refractivity contribution in [3.8, 4) is 0 Å². The Kier molecular flexibility index (Phi) is 5.86. The number of hydrogen-bond donors (Lipinski definition) is 1. The van der Waals surface area contributed by atoms with Gasteiger partial charge >= 0.3 is 0 Å². The summed E-state index contributed by atoms with van der Waals surface area (Å²) in [7, 11) is 0. The number of thiophene rings is 1. The van der Waals surface area contributed by atoms with Gasteiger partial charge in [0, 0.05) is 17.8 Å². The molecule has 0 radical (unpaired) electrons. The van der Waals surface area contributed by atoms with E-state index in [4.69, 9.17) is 0 Å². The molecular formula is C14H22BrNOS. The van der Waals surface area contributed by atoms with Crippen molar-refractivity contribution in [3.63, 3.8) is 0 Å². The Morgan fingerprint density at radius 2 is 2.11 bits per heavy atom. The average Bonchev–Trinajstić information content (AvgIpc) is 2.62. The van der Waals surface area contributed by atoms with Gasteiger partial charge in [-0.1, -0.05) is 27.7 Å². The van der Waals surface area contributed by atoms with E-state index in [1.54, 1.807) is 11.3 Å². The third-order valence-electron chi connectivity index (χ3n) is 3.29. The van der Waals surface area contributed by atoms with Gasteiger partial charge in [0.2, 0.25) is 5.91 Å². The first-order valence-electron chi connectivity index (χ1n) is 6.30. The van der Waals surface area contributed by atoms with Crippen LogP contribution in [-0.4, -0.2) is 12.5 Å². The van der Waals surface area contributed by atoms with Crippen LogP contribution in [0.5, 0.6) is 0 Å². The van der Waals surface area contributed by atoms with E-state index in [1.807, 2.05) is 6.07 Å². The van der Waals surface area contributed by atoms with Crippen molar-refractivity contribution in [1.82, 2.24) is 5.32 Å². The molecule has 0 fully saturated rings. The molecule has 0 bridgehead atoms. The molecule has 1 amide bonds. The summed E-state index contributed by atoms with van der Waals surface area (Å²) in [5.74, 6) is 0.557. The third-order valence-corrected chi connectivity index (χ3v) is 4.98. The van der Waals surface area contributed by atoms with Crippen molar-refractivity contribution < 1.29 is 4.79 Å². The molecule has 0 saturated heterocycles. The Hall–Kier alpha value is -0.350.